The second-order valence-corrected chi connectivity index (χ2v) is 5.04. The van der Waals surface area contributed by atoms with E-state index >= 15 is 0 Å². The van der Waals surface area contributed by atoms with Crippen LogP contribution in [0.4, 0.5) is 4.39 Å². The molecule has 1 N–H and O–H groups in total. The fraction of sp³-hybridized carbons (Fsp3) is 0.571. The average Bonchev–Trinajstić information content (AvgIpc) is 2.78. The Balaban J connectivity index is 2.07. The zero-order valence-electron chi connectivity index (χ0n) is 10.4. The SMILES string of the molecule is CC(C)C(Oc1cccc(F)c1)C1CCNC1. The van der Waals surface area contributed by atoms with Crippen molar-refractivity contribution < 1.29 is 9.13 Å². The van der Waals surface area contributed by atoms with Crippen LogP contribution in [0.5, 0.6) is 5.75 Å². The van der Waals surface area contributed by atoms with E-state index in [1.165, 1.54) is 12.1 Å². The number of benzene rings is 1. The third-order valence-electron chi connectivity index (χ3n) is 3.29. The van der Waals surface area contributed by atoms with E-state index in [0.29, 0.717) is 17.6 Å². The Hall–Kier alpha value is -1.09. The Morgan fingerprint density at radius 2 is 2.24 bits per heavy atom. The Kier molecular flexibility index (Phi) is 4.00. The van der Waals surface area contributed by atoms with Gasteiger partial charge < -0.3 is 10.1 Å². The van der Waals surface area contributed by atoms with Gasteiger partial charge in [-0.1, -0.05) is 19.9 Å². The molecule has 1 aromatic rings. The molecule has 2 nitrogen and oxygen atoms in total. The lowest BCUT2D eigenvalue weighted by molar-refractivity contribution is 0.0970. The highest BCUT2D eigenvalue weighted by atomic mass is 19.1. The molecule has 94 valence electrons. The summed E-state index contributed by atoms with van der Waals surface area (Å²) in [6.07, 6.45) is 1.30. The molecule has 2 rings (SSSR count). The van der Waals surface area contributed by atoms with Gasteiger partial charge in [0, 0.05) is 18.5 Å². The monoisotopic (exact) mass is 237 g/mol. The van der Waals surface area contributed by atoms with Crippen LogP contribution in [-0.2, 0) is 0 Å². The summed E-state index contributed by atoms with van der Waals surface area (Å²) in [7, 11) is 0. The van der Waals surface area contributed by atoms with E-state index in [4.69, 9.17) is 4.74 Å². The molecule has 0 aliphatic carbocycles. The first-order chi connectivity index (χ1) is 8.16. The summed E-state index contributed by atoms with van der Waals surface area (Å²) in [6.45, 7) is 6.36. The zero-order valence-corrected chi connectivity index (χ0v) is 10.4. The number of hydrogen-bond acceptors (Lipinski definition) is 2. The van der Waals surface area contributed by atoms with Gasteiger partial charge in [-0.05, 0) is 31.0 Å². The van der Waals surface area contributed by atoms with E-state index < -0.39 is 0 Å². The first-order valence-corrected chi connectivity index (χ1v) is 6.30. The summed E-state index contributed by atoms with van der Waals surface area (Å²) in [6, 6.07) is 6.40. The molecule has 3 heteroatoms. The van der Waals surface area contributed by atoms with Crippen LogP contribution < -0.4 is 10.1 Å². The van der Waals surface area contributed by atoms with Crippen molar-refractivity contribution in [1.29, 1.82) is 0 Å². The van der Waals surface area contributed by atoms with E-state index in [9.17, 15) is 4.39 Å². The molecule has 1 aliphatic heterocycles. The minimum atomic E-state index is -0.241. The Labute approximate surface area is 102 Å². The molecule has 0 spiro atoms. The molecule has 1 aromatic carbocycles. The van der Waals surface area contributed by atoms with Gasteiger partial charge in [-0.15, -0.1) is 0 Å². The van der Waals surface area contributed by atoms with Crippen LogP contribution in [0.1, 0.15) is 20.3 Å². The molecule has 1 fully saturated rings. The molecular weight excluding hydrogens is 217 g/mol. The lowest BCUT2D eigenvalue weighted by Crippen LogP contribution is -2.33. The van der Waals surface area contributed by atoms with Crippen molar-refractivity contribution in [3.8, 4) is 5.75 Å². The van der Waals surface area contributed by atoms with Gasteiger partial charge >= 0.3 is 0 Å². The number of ether oxygens (including phenoxy) is 1. The van der Waals surface area contributed by atoms with Crippen LogP contribution in [0.25, 0.3) is 0 Å². The van der Waals surface area contributed by atoms with E-state index in [-0.39, 0.29) is 11.9 Å². The molecule has 2 atom stereocenters. The molecule has 0 saturated carbocycles. The van der Waals surface area contributed by atoms with Gasteiger partial charge in [0.1, 0.15) is 17.7 Å². The van der Waals surface area contributed by atoms with E-state index in [1.807, 2.05) is 6.07 Å². The first-order valence-electron chi connectivity index (χ1n) is 6.30. The van der Waals surface area contributed by atoms with E-state index in [1.54, 1.807) is 6.07 Å². The maximum atomic E-state index is 13.1. The smallest absolute Gasteiger partial charge is 0.126 e. The van der Waals surface area contributed by atoms with Gasteiger partial charge in [0.25, 0.3) is 0 Å². The number of rotatable bonds is 4. The highest BCUT2D eigenvalue weighted by molar-refractivity contribution is 5.22. The van der Waals surface area contributed by atoms with Gasteiger partial charge in [0.2, 0.25) is 0 Å². The molecule has 0 aromatic heterocycles. The molecule has 1 heterocycles. The molecule has 0 radical (unpaired) electrons. The quantitative estimate of drug-likeness (QED) is 0.869. The van der Waals surface area contributed by atoms with Crippen molar-refractivity contribution in [3.63, 3.8) is 0 Å². The molecule has 1 saturated heterocycles. The Morgan fingerprint density at radius 3 is 2.82 bits per heavy atom. The minimum absolute atomic E-state index is 0.159. The number of nitrogens with one attached hydrogen (secondary N) is 1. The molecule has 17 heavy (non-hydrogen) atoms. The summed E-state index contributed by atoms with van der Waals surface area (Å²) in [5.74, 6) is 1.35. The van der Waals surface area contributed by atoms with Crippen LogP contribution in [-0.4, -0.2) is 19.2 Å². The predicted molar refractivity (Wildman–Crippen MR) is 66.6 cm³/mol. The number of halogens is 1. The second-order valence-electron chi connectivity index (χ2n) is 5.04. The summed E-state index contributed by atoms with van der Waals surface area (Å²) in [5, 5.41) is 3.35. The van der Waals surface area contributed by atoms with Crippen LogP contribution in [0, 0.1) is 17.7 Å². The lowest BCUT2D eigenvalue weighted by Gasteiger charge is -2.27. The third kappa shape index (κ3) is 3.19. The summed E-state index contributed by atoms with van der Waals surface area (Å²) >= 11 is 0. The second kappa shape index (κ2) is 5.50. The van der Waals surface area contributed by atoms with E-state index in [2.05, 4.69) is 19.2 Å². The van der Waals surface area contributed by atoms with Crippen molar-refractivity contribution in [2.45, 2.75) is 26.4 Å². The van der Waals surface area contributed by atoms with Crippen molar-refractivity contribution in [2.24, 2.45) is 11.8 Å². The number of hydrogen-bond donors (Lipinski definition) is 1. The molecular formula is C14H20FNO. The lowest BCUT2D eigenvalue weighted by atomic mass is 9.92. The third-order valence-corrected chi connectivity index (χ3v) is 3.29. The fourth-order valence-corrected chi connectivity index (χ4v) is 2.43. The Morgan fingerprint density at radius 1 is 1.41 bits per heavy atom. The topological polar surface area (TPSA) is 21.3 Å². The summed E-state index contributed by atoms with van der Waals surface area (Å²) in [4.78, 5) is 0. The largest absolute Gasteiger partial charge is 0.490 e. The van der Waals surface area contributed by atoms with Crippen LogP contribution in [0.3, 0.4) is 0 Å². The minimum Gasteiger partial charge on any atom is -0.490 e. The highest BCUT2D eigenvalue weighted by Crippen LogP contribution is 2.25. The normalized spacial score (nSPS) is 21.8. The predicted octanol–water partition coefficient (Wildman–Crippen LogP) is 2.84. The van der Waals surface area contributed by atoms with Gasteiger partial charge in [-0.25, -0.2) is 4.39 Å². The average molecular weight is 237 g/mol. The van der Waals surface area contributed by atoms with Crippen LogP contribution in [0.15, 0.2) is 24.3 Å². The molecule has 2 unspecified atom stereocenters. The maximum absolute atomic E-state index is 13.1. The van der Waals surface area contributed by atoms with Gasteiger partial charge in [-0.2, -0.15) is 0 Å². The maximum Gasteiger partial charge on any atom is 0.126 e. The molecule has 0 bridgehead atoms. The highest BCUT2D eigenvalue weighted by Gasteiger charge is 2.28. The standard InChI is InChI=1S/C14H20FNO/c1-10(2)14(11-6-7-16-9-11)17-13-5-3-4-12(15)8-13/h3-5,8,10-11,14,16H,6-7,9H2,1-2H3. The zero-order chi connectivity index (χ0) is 12.3. The van der Waals surface area contributed by atoms with E-state index in [0.717, 1.165) is 19.5 Å². The molecule has 1 aliphatic rings. The summed E-state index contributed by atoms with van der Waals surface area (Å²) < 4.78 is 19.1. The molecule has 0 amide bonds. The first kappa shape index (κ1) is 12.4. The fourth-order valence-electron chi connectivity index (χ4n) is 2.43. The van der Waals surface area contributed by atoms with Gasteiger partial charge in [0.05, 0.1) is 0 Å². The van der Waals surface area contributed by atoms with Gasteiger partial charge in [-0.3, -0.25) is 0 Å². The Bertz CT molecular complexity index is 361. The van der Waals surface area contributed by atoms with Crippen LogP contribution >= 0.6 is 0 Å². The van der Waals surface area contributed by atoms with Crippen molar-refractivity contribution in [2.75, 3.05) is 13.1 Å². The van der Waals surface area contributed by atoms with Crippen molar-refractivity contribution >= 4 is 0 Å². The van der Waals surface area contributed by atoms with Crippen molar-refractivity contribution in [1.82, 2.24) is 5.32 Å². The summed E-state index contributed by atoms with van der Waals surface area (Å²) in [5.41, 5.74) is 0. The van der Waals surface area contributed by atoms with Crippen LogP contribution in [0.2, 0.25) is 0 Å². The van der Waals surface area contributed by atoms with Crippen molar-refractivity contribution in [3.05, 3.63) is 30.1 Å². The van der Waals surface area contributed by atoms with Gasteiger partial charge in [0.15, 0.2) is 0 Å².